The second-order valence-electron chi connectivity index (χ2n) is 5.11. The number of furan rings is 1. The van der Waals surface area contributed by atoms with Crippen molar-refractivity contribution in [3.05, 3.63) is 47.4 Å². The van der Waals surface area contributed by atoms with Crippen molar-refractivity contribution in [2.75, 3.05) is 19.0 Å². The molecule has 20 heavy (non-hydrogen) atoms. The van der Waals surface area contributed by atoms with Gasteiger partial charge in [-0.3, -0.25) is 0 Å². The smallest absolute Gasteiger partial charge is 0.122 e. The fraction of sp³-hybridized carbons (Fsp3) is 0.375. The van der Waals surface area contributed by atoms with Gasteiger partial charge in [-0.2, -0.15) is 0 Å². The number of anilines is 1. The first-order valence-electron chi connectivity index (χ1n) is 6.77. The number of nitrogens with zero attached hydrogens (tertiary/aromatic N) is 1. The van der Waals surface area contributed by atoms with E-state index >= 15 is 0 Å². The second-order valence-corrected chi connectivity index (χ2v) is 5.11. The molecule has 0 saturated carbocycles. The van der Waals surface area contributed by atoms with E-state index in [0.29, 0.717) is 5.75 Å². The Morgan fingerprint density at radius 3 is 2.65 bits per heavy atom. The molecule has 0 saturated heterocycles. The molecule has 108 valence electrons. The van der Waals surface area contributed by atoms with Gasteiger partial charge in [0.2, 0.25) is 0 Å². The largest absolute Gasteiger partial charge is 0.508 e. The number of phenolic OH excluding ortho intramolecular Hbond substituents is 1. The van der Waals surface area contributed by atoms with Gasteiger partial charge in [-0.1, -0.05) is 6.07 Å². The third kappa shape index (κ3) is 2.96. The van der Waals surface area contributed by atoms with E-state index < -0.39 is 0 Å². The first-order chi connectivity index (χ1) is 9.52. The van der Waals surface area contributed by atoms with E-state index in [1.165, 1.54) is 0 Å². The molecule has 1 unspecified atom stereocenters. The summed E-state index contributed by atoms with van der Waals surface area (Å²) < 4.78 is 5.31. The van der Waals surface area contributed by atoms with Crippen molar-refractivity contribution >= 4 is 5.69 Å². The lowest BCUT2D eigenvalue weighted by Gasteiger charge is -2.21. The zero-order valence-corrected chi connectivity index (χ0v) is 12.5. The minimum Gasteiger partial charge on any atom is -0.508 e. The number of aromatic hydroxyl groups is 1. The minimum absolute atomic E-state index is 0.130. The quantitative estimate of drug-likeness (QED) is 0.879. The van der Waals surface area contributed by atoms with Gasteiger partial charge in [0, 0.05) is 42.5 Å². The third-order valence-corrected chi connectivity index (χ3v) is 3.73. The molecule has 1 atom stereocenters. The van der Waals surface area contributed by atoms with Gasteiger partial charge in [-0.05, 0) is 33.0 Å². The van der Waals surface area contributed by atoms with Crippen LogP contribution in [0.3, 0.4) is 0 Å². The molecule has 2 N–H and O–H groups in total. The first kappa shape index (κ1) is 14.5. The van der Waals surface area contributed by atoms with E-state index in [0.717, 1.165) is 29.1 Å². The van der Waals surface area contributed by atoms with Crippen molar-refractivity contribution in [1.82, 2.24) is 5.32 Å². The van der Waals surface area contributed by atoms with Gasteiger partial charge in [0.05, 0.1) is 6.26 Å². The molecular formula is C16H22N2O2. The normalized spacial score (nSPS) is 12.4. The Bertz CT molecular complexity index is 578. The molecule has 0 spiro atoms. The highest BCUT2D eigenvalue weighted by molar-refractivity contribution is 5.54. The molecule has 1 heterocycles. The Hall–Kier alpha value is -1.94. The molecule has 0 radical (unpaired) electrons. The van der Waals surface area contributed by atoms with E-state index in [1.807, 2.05) is 46.1 Å². The summed E-state index contributed by atoms with van der Waals surface area (Å²) in [5.41, 5.74) is 3.04. The van der Waals surface area contributed by atoms with Gasteiger partial charge in [-0.15, -0.1) is 0 Å². The molecule has 4 heteroatoms. The zero-order valence-electron chi connectivity index (χ0n) is 12.5. The van der Waals surface area contributed by atoms with Crippen molar-refractivity contribution < 1.29 is 9.52 Å². The lowest BCUT2D eigenvalue weighted by Crippen LogP contribution is -2.17. The van der Waals surface area contributed by atoms with Crippen LogP contribution in [-0.4, -0.2) is 19.2 Å². The van der Waals surface area contributed by atoms with Crippen LogP contribution in [0.2, 0.25) is 0 Å². The van der Waals surface area contributed by atoms with E-state index in [-0.39, 0.29) is 6.04 Å². The van der Waals surface area contributed by atoms with Crippen molar-refractivity contribution in [1.29, 1.82) is 0 Å². The van der Waals surface area contributed by atoms with Crippen molar-refractivity contribution in [2.45, 2.75) is 26.4 Å². The van der Waals surface area contributed by atoms with Crippen molar-refractivity contribution in [3.8, 4) is 5.75 Å². The molecule has 0 bridgehead atoms. The Kier molecular flexibility index (Phi) is 4.35. The summed E-state index contributed by atoms with van der Waals surface area (Å²) in [7, 11) is 3.88. The van der Waals surface area contributed by atoms with Gasteiger partial charge in [-0.25, -0.2) is 0 Å². The van der Waals surface area contributed by atoms with Crippen LogP contribution in [0.1, 0.15) is 29.9 Å². The number of nitrogens with one attached hydrogen (secondary N) is 1. The Morgan fingerprint density at radius 2 is 2.10 bits per heavy atom. The third-order valence-electron chi connectivity index (χ3n) is 3.73. The lowest BCUT2D eigenvalue weighted by molar-refractivity contribution is 0.458. The summed E-state index contributed by atoms with van der Waals surface area (Å²) in [5, 5.41) is 13.3. The van der Waals surface area contributed by atoms with E-state index in [2.05, 4.69) is 10.2 Å². The average molecular weight is 274 g/mol. The van der Waals surface area contributed by atoms with Crippen LogP contribution in [0.25, 0.3) is 0 Å². The van der Waals surface area contributed by atoms with Gasteiger partial charge < -0.3 is 19.7 Å². The summed E-state index contributed by atoms with van der Waals surface area (Å²) in [6.45, 7) is 4.73. The summed E-state index contributed by atoms with van der Waals surface area (Å²) >= 11 is 0. The molecule has 4 nitrogen and oxygen atoms in total. The highest BCUT2D eigenvalue weighted by Gasteiger charge is 2.12. The number of hydrogen-bond donors (Lipinski definition) is 2. The molecular weight excluding hydrogens is 252 g/mol. The SMILES string of the molecule is CNC(C)c1ccc(N(C)Cc2ccoc2C)cc1O. The fourth-order valence-corrected chi connectivity index (χ4v) is 2.21. The van der Waals surface area contributed by atoms with Gasteiger partial charge in [0.1, 0.15) is 11.5 Å². The molecule has 1 aromatic carbocycles. The number of benzene rings is 1. The van der Waals surface area contributed by atoms with Crippen LogP contribution in [0.4, 0.5) is 5.69 Å². The molecule has 0 fully saturated rings. The van der Waals surface area contributed by atoms with Gasteiger partial charge in [0.25, 0.3) is 0 Å². The molecule has 0 aliphatic heterocycles. The highest BCUT2D eigenvalue weighted by atomic mass is 16.3. The maximum absolute atomic E-state index is 10.1. The molecule has 1 aromatic heterocycles. The van der Waals surface area contributed by atoms with Crippen LogP contribution in [-0.2, 0) is 6.54 Å². The maximum atomic E-state index is 10.1. The number of hydrogen-bond acceptors (Lipinski definition) is 4. The van der Waals surface area contributed by atoms with E-state index in [1.54, 1.807) is 12.3 Å². The average Bonchev–Trinajstić information content (AvgIpc) is 2.83. The maximum Gasteiger partial charge on any atom is 0.122 e. The van der Waals surface area contributed by atoms with Crippen LogP contribution in [0, 0.1) is 6.92 Å². The Balaban J connectivity index is 2.17. The molecule has 0 amide bonds. The number of rotatable bonds is 5. The summed E-state index contributed by atoms with van der Waals surface area (Å²) in [6.07, 6.45) is 1.70. The van der Waals surface area contributed by atoms with Crippen LogP contribution in [0.15, 0.2) is 34.9 Å². The molecule has 2 rings (SSSR count). The van der Waals surface area contributed by atoms with E-state index in [9.17, 15) is 5.11 Å². The van der Waals surface area contributed by atoms with Gasteiger partial charge in [0.15, 0.2) is 0 Å². The standard InChI is InChI=1S/C16H22N2O2/c1-11(17-3)15-6-5-14(9-16(15)19)18(4)10-13-7-8-20-12(13)2/h5-9,11,17,19H,10H2,1-4H3. The molecule has 2 aromatic rings. The monoisotopic (exact) mass is 274 g/mol. The van der Waals surface area contributed by atoms with Crippen LogP contribution < -0.4 is 10.2 Å². The first-order valence-corrected chi connectivity index (χ1v) is 6.77. The Labute approximate surface area is 120 Å². The summed E-state index contributed by atoms with van der Waals surface area (Å²) in [6, 6.07) is 7.90. The Morgan fingerprint density at radius 1 is 1.35 bits per heavy atom. The number of phenols is 1. The summed E-state index contributed by atoms with van der Waals surface area (Å²) in [4.78, 5) is 2.09. The van der Waals surface area contributed by atoms with Crippen molar-refractivity contribution in [2.24, 2.45) is 0 Å². The number of aryl methyl sites for hydroxylation is 1. The lowest BCUT2D eigenvalue weighted by atomic mass is 10.1. The highest BCUT2D eigenvalue weighted by Crippen LogP contribution is 2.29. The second kappa shape index (κ2) is 6.01. The predicted molar refractivity (Wildman–Crippen MR) is 81.1 cm³/mol. The summed E-state index contributed by atoms with van der Waals surface area (Å²) in [5.74, 6) is 1.25. The topological polar surface area (TPSA) is 48.6 Å². The minimum atomic E-state index is 0.130. The fourth-order valence-electron chi connectivity index (χ4n) is 2.21. The van der Waals surface area contributed by atoms with Crippen LogP contribution >= 0.6 is 0 Å². The van der Waals surface area contributed by atoms with E-state index in [4.69, 9.17) is 4.42 Å². The zero-order chi connectivity index (χ0) is 14.7. The van der Waals surface area contributed by atoms with Crippen molar-refractivity contribution in [3.63, 3.8) is 0 Å². The van der Waals surface area contributed by atoms with Crippen LogP contribution in [0.5, 0.6) is 5.75 Å². The van der Waals surface area contributed by atoms with Gasteiger partial charge >= 0.3 is 0 Å². The molecule has 0 aliphatic carbocycles. The predicted octanol–water partition coefficient (Wildman–Crippen LogP) is 3.21. The molecule has 0 aliphatic rings.